The summed E-state index contributed by atoms with van der Waals surface area (Å²) in [6.07, 6.45) is 1.03. The summed E-state index contributed by atoms with van der Waals surface area (Å²) in [7, 11) is 3.95. The van der Waals surface area contributed by atoms with Crippen molar-refractivity contribution in [1.82, 2.24) is 10.2 Å². The molecule has 100 valence electrons. The first-order valence-electron chi connectivity index (χ1n) is 6.14. The minimum absolute atomic E-state index is 0.0123. The maximum absolute atomic E-state index is 11.5. The lowest BCUT2D eigenvalue weighted by atomic mass is 9.84. The van der Waals surface area contributed by atoms with E-state index in [2.05, 4.69) is 5.32 Å². The van der Waals surface area contributed by atoms with Crippen molar-refractivity contribution in [1.29, 1.82) is 0 Å². The van der Waals surface area contributed by atoms with E-state index in [1.807, 2.05) is 32.8 Å². The topological polar surface area (TPSA) is 61.8 Å². The summed E-state index contributed by atoms with van der Waals surface area (Å²) in [4.78, 5) is 13.5. The van der Waals surface area contributed by atoms with Crippen molar-refractivity contribution < 1.29 is 14.6 Å². The molecule has 2 atom stereocenters. The molecule has 5 nitrogen and oxygen atoms in total. The van der Waals surface area contributed by atoms with E-state index < -0.39 is 11.5 Å². The van der Waals surface area contributed by atoms with E-state index in [1.165, 1.54) is 0 Å². The molecule has 0 aliphatic carbocycles. The number of carbonyl (C=O) groups is 1. The second-order valence-electron chi connectivity index (χ2n) is 5.28. The van der Waals surface area contributed by atoms with Crippen LogP contribution in [0.3, 0.4) is 0 Å². The Hall–Kier alpha value is -0.650. The van der Waals surface area contributed by atoms with E-state index in [0.29, 0.717) is 19.4 Å². The number of likely N-dealkylation sites (N-methyl/N-ethyl adjacent to an activating group) is 1. The molecule has 1 saturated heterocycles. The Morgan fingerprint density at radius 3 is 2.35 bits per heavy atom. The zero-order valence-corrected chi connectivity index (χ0v) is 11.2. The van der Waals surface area contributed by atoms with Crippen LogP contribution in [0.5, 0.6) is 0 Å². The summed E-state index contributed by atoms with van der Waals surface area (Å²) in [6, 6.07) is 0. The molecule has 17 heavy (non-hydrogen) atoms. The normalized spacial score (nSPS) is 33.9. The molecule has 1 aliphatic heterocycles. The second kappa shape index (κ2) is 5.80. The second-order valence-corrected chi connectivity index (χ2v) is 5.28. The molecular weight excluding hydrogens is 220 g/mol. The number of hydrogen-bond acceptors (Lipinski definition) is 4. The molecule has 1 heterocycles. The van der Waals surface area contributed by atoms with Gasteiger partial charge in [-0.1, -0.05) is 0 Å². The lowest BCUT2D eigenvalue weighted by molar-refractivity contribution is -0.155. The first-order valence-corrected chi connectivity index (χ1v) is 6.14. The number of nitrogens with zero attached hydrogens (tertiary/aromatic N) is 1. The fourth-order valence-electron chi connectivity index (χ4n) is 2.47. The molecule has 0 aromatic carbocycles. The third-order valence-electron chi connectivity index (χ3n) is 3.17. The van der Waals surface area contributed by atoms with Crippen LogP contribution in [-0.2, 0) is 9.53 Å². The molecule has 1 fully saturated rings. The summed E-state index contributed by atoms with van der Waals surface area (Å²) >= 11 is 0. The van der Waals surface area contributed by atoms with Crippen molar-refractivity contribution in [2.75, 3.05) is 27.2 Å². The third kappa shape index (κ3) is 3.94. The van der Waals surface area contributed by atoms with E-state index in [0.717, 1.165) is 6.54 Å². The molecule has 0 spiro atoms. The number of carboxylic acids is 1. The van der Waals surface area contributed by atoms with Crippen LogP contribution >= 0.6 is 0 Å². The Balaban J connectivity index is 2.65. The van der Waals surface area contributed by atoms with Gasteiger partial charge in [0.15, 0.2) is 0 Å². The van der Waals surface area contributed by atoms with Crippen LogP contribution in [-0.4, -0.2) is 60.9 Å². The van der Waals surface area contributed by atoms with E-state index >= 15 is 0 Å². The Kier molecular flexibility index (Phi) is 4.91. The molecule has 0 aromatic heterocycles. The SMILES string of the molecule is CC1CC(NCCN(C)C)(C(=O)O)CC(C)O1. The van der Waals surface area contributed by atoms with Crippen LogP contribution in [0.25, 0.3) is 0 Å². The number of ether oxygens (including phenoxy) is 1. The van der Waals surface area contributed by atoms with Gasteiger partial charge >= 0.3 is 5.97 Å². The molecule has 1 aliphatic rings. The maximum Gasteiger partial charge on any atom is 0.324 e. The molecule has 0 radical (unpaired) electrons. The first kappa shape index (κ1) is 14.4. The van der Waals surface area contributed by atoms with Gasteiger partial charge < -0.3 is 20.1 Å². The maximum atomic E-state index is 11.5. The molecule has 1 rings (SSSR count). The van der Waals surface area contributed by atoms with Gasteiger partial charge in [-0.3, -0.25) is 4.79 Å². The number of carboxylic acid groups (broad SMARTS) is 1. The van der Waals surface area contributed by atoms with Gasteiger partial charge in [-0.15, -0.1) is 0 Å². The Morgan fingerprint density at radius 1 is 1.41 bits per heavy atom. The predicted octanol–water partition coefficient (Wildman–Crippen LogP) is 0.548. The summed E-state index contributed by atoms with van der Waals surface area (Å²) in [5, 5.41) is 12.7. The van der Waals surface area contributed by atoms with E-state index in [9.17, 15) is 9.90 Å². The molecule has 0 bridgehead atoms. The smallest absolute Gasteiger partial charge is 0.324 e. The minimum Gasteiger partial charge on any atom is -0.480 e. The summed E-state index contributed by atoms with van der Waals surface area (Å²) < 4.78 is 5.61. The summed E-state index contributed by atoms with van der Waals surface area (Å²) in [5.41, 5.74) is -0.826. The number of aliphatic carboxylic acids is 1. The van der Waals surface area contributed by atoms with Gasteiger partial charge in [0.05, 0.1) is 12.2 Å². The largest absolute Gasteiger partial charge is 0.480 e. The Labute approximate surface area is 103 Å². The molecule has 5 heteroatoms. The van der Waals surface area contributed by atoms with Crippen molar-refractivity contribution in [2.24, 2.45) is 0 Å². The van der Waals surface area contributed by atoms with Crippen LogP contribution in [0.15, 0.2) is 0 Å². The van der Waals surface area contributed by atoms with Gasteiger partial charge in [-0.05, 0) is 27.9 Å². The van der Waals surface area contributed by atoms with Crippen molar-refractivity contribution in [3.63, 3.8) is 0 Å². The number of hydrogen-bond donors (Lipinski definition) is 2. The van der Waals surface area contributed by atoms with Crippen LogP contribution in [0.4, 0.5) is 0 Å². The number of nitrogens with one attached hydrogen (secondary N) is 1. The van der Waals surface area contributed by atoms with Gasteiger partial charge in [0.1, 0.15) is 5.54 Å². The average Bonchev–Trinajstić information content (AvgIpc) is 2.14. The molecular formula is C12H24N2O3. The number of rotatable bonds is 5. The Morgan fingerprint density at radius 2 is 1.94 bits per heavy atom. The van der Waals surface area contributed by atoms with Gasteiger partial charge in [0.25, 0.3) is 0 Å². The van der Waals surface area contributed by atoms with E-state index in [-0.39, 0.29) is 12.2 Å². The minimum atomic E-state index is -0.826. The fraction of sp³-hybridized carbons (Fsp3) is 0.917. The lowest BCUT2D eigenvalue weighted by Gasteiger charge is -2.40. The third-order valence-corrected chi connectivity index (χ3v) is 3.17. The zero-order chi connectivity index (χ0) is 13.1. The highest BCUT2D eigenvalue weighted by Gasteiger charge is 2.44. The highest BCUT2D eigenvalue weighted by molar-refractivity contribution is 5.79. The van der Waals surface area contributed by atoms with Gasteiger partial charge in [-0.2, -0.15) is 0 Å². The molecule has 0 aromatic rings. The average molecular weight is 244 g/mol. The predicted molar refractivity (Wildman–Crippen MR) is 66.2 cm³/mol. The van der Waals surface area contributed by atoms with Crippen LogP contribution < -0.4 is 5.32 Å². The molecule has 2 unspecified atom stereocenters. The monoisotopic (exact) mass is 244 g/mol. The molecule has 0 amide bonds. The van der Waals surface area contributed by atoms with Crippen molar-refractivity contribution in [2.45, 2.75) is 44.4 Å². The fourth-order valence-corrected chi connectivity index (χ4v) is 2.47. The van der Waals surface area contributed by atoms with Gasteiger partial charge in [0, 0.05) is 25.9 Å². The van der Waals surface area contributed by atoms with Gasteiger partial charge in [-0.25, -0.2) is 0 Å². The quantitative estimate of drug-likeness (QED) is 0.739. The highest BCUT2D eigenvalue weighted by Crippen LogP contribution is 2.29. The van der Waals surface area contributed by atoms with Crippen LogP contribution in [0.2, 0.25) is 0 Å². The van der Waals surface area contributed by atoms with Crippen LogP contribution in [0, 0.1) is 0 Å². The standard InChI is InChI=1S/C12H24N2O3/c1-9-7-12(11(15)16,8-10(2)17-9)13-5-6-14(3)4/h9-10,13H,5-8H2,1-4H3,(H,15,16). The van der Waals surface area contributed by atoms with Crippen molar-refractivity contribution >= 4 is 5.97 Å². The highest BCUT2D eigenvalue weighted by atomic mass is 16.5. The zero-order valence-electron chi connectivity index (χ0n) is 11.2. The first-order chi connectivity index (χ1) is 7.85. The van der Waals surface area contributed by atoms with Gasteiger partial charge in [0.2, 0.25) is 0 Å². The lowest BCUT2D eigenvalue weighted by Crippen LogP contribution is -2.59. The molecule has 0 saturated carbocycles. The van der Waals surface area contributed by atoms with Crippen molar-refractivity contribution in [3.8, 4) is 0 Å². The Bertz CT molecular complexity index is 258. The summed E-state index contributed by atoms with van der Waals surface area (Å²) in [5.74, 6) is -0.766. The summed E-state index contributed by atoms with van der Waals surface area (Å²) in [6.45, 7) is 5.37. The van der Waals surface area contributed by atoms with Crippen LogP contribution in [0.1, 0.15) is 26.7 Å². The van der Waals surface area contributed by atoms with E-state index in [4.69, 9.17) is 4.74 Å². The molecule has 2 N–H and O–H groups in total. The van der Waals surface area contributed by atoms with Crippen molar-refractivity contribution in [3.05, 3.63) is 0 Å². The van der Waals surface area contributed by atoms with E-state index in [1.54, 1.807) is 0 Å².